The molecule has 1 aromatic carbocycles. The number of nitrogens with zero attached hydrogens (tertiary/aromatic N) is 1. The molecule has 4 nitrogen and oxygen atoms in total. The van der Waals surface area contributed by atoms with Crippen molar-refractivity contribution in [2.45, 2.75) is 19.8 Å². The monoisotopic (exact) mass is 339 g/mol. The van der Waals surface area contributed by atoms with Gasteiger partial charge in [0.25, 0.3) is 5.91 Å². The molecule has 108 valence electrons. The summed E-state index contributed by atoms with van der Waals surface area (Å²) < 4.78 is 5.97. The summed E-state index contributed by atoms with van der Waals surface area (Å²) in [4.78, 5) is 25.6. The highest BCUT2D eigenvalue weighted by molar-refractivity contribution is 9.10. The summed E-state index contributed by atoms with van der Waals surface area (Å²) in [5.41, 5.74) is 0.452. The minimum absolute atomic E-state index is 0.109. The number of carbonyl (C=O) groups is 2. The number of esters is 1. The molecule has 5 heteroatoms. The van der Waals surface area contributed by atoms with Gasteiger partial charge < -0.3 is 9.64 Å². The molecule has 1 fully saturated rings. The van der Waals surface area contributed by atoms with Gasteiger partial charge in [0.1, 0.15) is 0 Å². The Labute approximate surface area is 127 Å². The maximum Gasteiger partial charge on any atom is 0.338 e. The maximum absolute atomic E-state index is 12.0. The number of likely N-dealkylation sites (tertiary alicyclic amines) is 1. The second-order valence-corrected chi connectivity index (χ2v) is 6.09. The van der Waals surface area contributed by atoms with Crippen molar-refractivity contribution >= 4 is 27.8 Å². The van der Waals surface area contributed by atoms with Crippen molar-refractivity contribution in [3.05, 3.63) is 34.3 Å². The molecule has 0 bridgehead atoms. The van der Waals surface area contributed by atoms with Gasteiger partial charge in [-0.15, -0.1) is 0 Å². The van der Waals surface area contributed by atoms with Gasteiger partial charge in [-0.1, -0.05) is 22.9 Å². The van der Waals surface area contributed by atoms with Crippen LogP contribution in [0.3, 0.4) is 0 Å². The summed E-state index contributed by atoms with van der Waals surface area (Å²) in [5.74, 6) is -0.0483. The van der Waals surface area contributed by atoms with E-state index in [1.165, 1.54) is 0 Å². The molecule has 1 aromatic rings. The molecule has 1 aliphatic heterocycles. The first-order valence-electron chi connectivity index (χ1n) is 6.76. The summed E-state index contributed by atoms with van der Waals surface area (Å²) in [5, 5.41) is 0. The van der Waals surface area contributed by atoms with Crippen molar-refractivity contribution in [2.75, 3.05) is 19.7 Å². The standard InChI is InChI=1S/C15H18BrNO3/c1-11-3-2-8-17(9-11)14(18)10-20-15(19)12-4-6-13(16)7-5-12/h4-7,11H,2-3,8-10H2,1H3/t11-/m0/s1. The van der Waals surface area contributed by atoms with E-state index in [1.807, 2.05) is 0 Å². The SMILES string of the molecule is C[C@H]1CCCN(C(=O)COC(=O)c2ccc(Br)cc2)C1. The van der Waals surface area contributed by atoms with E-state index >= 15 is 0 Å². The van der Waals surface area contributed by atoms with Gasteiger partial charge in [0, 0.05) is 17.6 Å². The maximum atomic E-state index is 12.0. The lowest BCUT2D eigenvalue weighted by atomic mass is 10.0. The fourth-order valence-corrected chi connectivity index (χ4v) is 2.57. The smallest absolute Gasteiger partial charge is 0.338 e. The molecule has 1 saturated heterocycles. The second-order valence-electron chi connectivity index (χ2n) is 5.17. The number of amides is 1. The van der Waals surface area contributed by atoms with Gasteiger partial charge in [-0.25, -0.2) is 4.79 Å². The molecule has 0 saturated carbocycles. The van der Waals surface area contributed by atoms with Crippen LogP contribution in [0.4, 0.5) is 0 Å². The first-order valence-corrected chi connectivity index (χ1v) is 7.56. The number of rotatable bonds is 3. The summed E-state index contributed by atoms with van der Waals surface area (Å²) in [7, 11) is 0. The third-order valence-corrected chi connectivity index (χ3v) is 3.95. The first kappa shape index (κ1) is 15.0. The van der Waals surface area contributed by atoms with E-state index in [1.54, 1.807) is 29.2 Å². The molecule has 1 atom stereocenters. The Morgan fingerprint density at radius 1 is 1.35 bits per heavy atom. The predicted octanol–water partition coefficient (Wildman–Crippen LogP) is 2.86. The van der Waals surface area contributed by atoms with Crippen LogP contribution in [0.5, 0.6) is 0 Å². The van der Waals surface area contributed by atoms with Crippen molar-refractivity contribution in [2.24, 2.45) is 5.92 Å². The van der Waals surface area contributed by atoms with Crippen LogP contribution in [0, 0.1) is 5.92 Å². The number of benzene rings is 1. The molecule has 1 heterocycles. The summed E-state index contributed by atoms with van der Waals surface area (Å²) in [6.45, 7) is 3.47. The van der Waals surface area contributed by atoms with Crippen molar-refractivity contribution in [1.82, 2.24) is 4.90 Å². The van der Waals surface area contributed by atoms with E-state index in [2.05, 4.69) is 22.9 Å². The van der Waals surface area contributed by atoms with Crippen LogP contribution in [0.25, 0.3) is 0 Å². The van der Waals surface area contributed by atoms with E-state index in [0.717, 1.165) is 30.4 Å². The van der Waals surface area contributed by atoms with Gasteiger partial charge in [-0.05, 0) is 43.0 Å². The summed E-state index contributed by atoms with van der Waals surface area (Å²) in [6.07, 6.45) is 2.18. The van der Waals surface area contributed by atoms with Crippen LogP contribution >= 0.6 is 15.9 Å². The molecule has 20 heavy (non-hydrogen) atoms. The lowest BCUT2D eigenvalue weighted by molar-refractivity contribution is -0.136. The first-order chi connectivity index (χ1) is 9.56. The number of halogens is 1. The molecular formula is C15H18BrNO3. The number of carbonyl (C=O) groups excluding carboxylic acids is 2. The molecule has 1 aliphatic rings. The third-order valence-electron chi connectivity index (χ3n) is 3.42. The molecule has 0 aromatic heterocycles. The van der Waals surface area contributed by atoms with Gasteiger partial charge in [0.15, 0.2) is 6.61 Å². The molecule has 0 unspecified atom stereocenters. The van der Waals surface area contributed by atoms with E-state index in [0.29, 0.717) is 11.5 Å². The quantitative estimate of drug-likeness (QED) is 0.795. The predicted molar refractivity (Wildman–Crippen MR) is 79.4 cm³/mol. The second kappa shape index (κ2) is 6.88. The topological polar surface area (TPSA) is 46.6 Å². The zero-order chi connectivity index (χ0) is 14.5. The van der Waals surface area contributed by atoms with Crippen LogP contribution in [0.2, 0.25) is 0 Å². The minimum atomic E-state index is -0.462. The average molecular weight is 340 g/mol. The number of piperidine rings is 1. The Hall–Kier alpha value is -1.36. The molecular weight excluding hydrogens is 322 g/mol. The van der Waals surface area contributed by atoms with Crippen molar-refractivity contribution < 1.29 is 14.3 Å². The van der Waals surface area contributed by atoms with E-state index in [4.69, 9.17) is 4.74 Å². The number of hydrogen-bond donors (Lipinski definition) is 0. The van der Waals surface area contributed by atoms with Crippen LogP contribution in [0.1, 0.15) is 30.1 Å². The average Bonchev–Trinajstić information content (AvgIpc) is 2.45. The van der Waals surface area contributed by atoms with Crippen LogP contribution in [-0.2, 0) is 9.53 Å². The Morgan fingerprint density at radius 2 is 2.05 bits per heavy atom. The molecule has 1 amide bonds. The van der Waals surface area contributed by atoms with Gasteiger partial charge in [-0.3, -0.25) is 4.79 Å². The lowest BCUT2D eigenvalue weighted by Crippen LogP contribution is -2.41. The van der Waals surface area contributed by atoms with Gasteiger partial charge in [0.2, 0.25) is 0 Å². The van der Waals surface area contributed by atoms with Gasteiger partial charge >= 0.3 is 5.97 Å². The summed E-state index contributed by atoms with van der Waals surface area (Å²) >= 11 is 3.30. The third kappa shape index (κ3) is 4.07. The Bertz CT molecular complexity index is 486. The van der Waals surface area contributed by atoms with Crippen molar-refractivity contribution in [1.29, 1.82) is 0 Å². The highest BCUT2D eigenvalue weighted by atomic mass is 79.9. The van der Waals surface area contributed by atoms with Crippen LogP contribution in [0.15, 0.2) is 28.7 Å². The highest BCUT2D eigenvalue weighted by Gasteiger charge is 2.21. The molecule has 0 spiro atoms. The van der Waals surface area contributed by atoms with Crippen LogP contribution < -0.4 is 0 Å². The summed E-state index contributed by atoms with van der Waals surface area (Å²) in [6, 6.07) is 6.87. The van der Waals surface area contributed by atoms with Crippen molar-refractivity contribution in [3.63, 3.8) is 0 Å². The van der Waals surface area contributed by atoms with Gasteiger partial charge in [-0.2, -0.15) is 0 Å². The zero-order valence-electron chi connectivity index (χ0n) is 11.5. The fourth-order valence-electron chi connectivity index (χ4n) is 2.30. The Balaban J connectivity index is 1.83. The lowest BCUT2D eigenvalue weighted by Gasteiger charge is -2.30. The number of ether oxygens (including phenoxy) is 1. The minimum Gasteiger partial charge on any atom is -0.452 e. The largest absolute Gasteiger partial charge is 0.452 e. The molecule has 2 rings (SSSR count). The Morgan fingerprint density at radius 3 is 2.70 bits per heavy atom. The number of hydrogen-bond acceptors (Lipinski definition) is 3. The fraction of sp³-hybridized carbons (Fsp3) is 0.467. The van der Waals surface area contributed by atoms with E-state index in [9.17, 15) is 9.59 Å². The zero-order valence-corrected chi connectivity index (χ0v) is 13.1. The van der Waals surface area contributed by atoms with Gasteiger partial charge in [0.05, 0.1) is 5.56 Å². The molecule has 0 radical (unpaired) electrons. The van der Waals surface area contributed by atoms with E-state index < -0.39 is 5.97 Å². The highest BCUT2D eigenvalue weighted by Crippen LogP contribution is 2.16. The normalized spacial score (nSPS) is 18.7. The Kier molecular flexibility index (Phi) is 5.17. The molecule has 0 N–H and O–H groups in total. The van der Waals surface area contributed by atoms with Crippen molar-refractivity contribution in [3.8, 4) is 0 Å². The molecule has 0 aliphatic carbocycles. The van der Waals surface area contributed by atoms with Crippen LogP contribution in [-0.4, -0.2) is 36.5 Å². The van der Waals surface area contributed by atoms with E-state index in [-0.39, 0.29) is 12.5 Å².